The predicted molar refractivity (Wildman–Crippen MR) is 181 cm³/mol. The molecule has 0 spiro atoms. The van der Waals surface area contributed by atoms with Crippen LogP contribution in [-0.4, -0.2) is 44.3 Å². The monoisotopic (exact) mass is 665 g/mol. The molecule has 0 aromatic heterocycles. The number of carbonyl (C=O) groups excluding carboxylic acids is 2. The standard InChI is InChI=1S/C35H37Cl2N3O4S/c1-5-38-35(42)33(21-27-9-7-6-8-10-27)39(22-28-13-16-31(36)32(37)20-28)34(41)23-40(29-18-25(3)17-26(4)19-29)45(43,44)30-14-11-24(2)12-15-30/h6-20,33H,5,21-23H2,1-4H3,(H,38,42). The third kappa shape index (κ3) is 8.66. The highest BCUT2D eigenvalue weighted by molar-refractivity contribution is 7.92. The second-order valence-electron chi connectivity index (χ2n) is 11.0. The lowest BCUT2D eigenvalue weighted by Gasteiger charge is -2.34. The molecule has 0 saturated carbocycles. The fraction of sp³-hybridized carbons (Fsp3) is 0.257. The van der Waals surface area contributed by atoms with E-state index in [1.807, 2.05) is 57.2 Å². The summed E-state index contributed by atoms with van der Waals surface area (Å²) in [6, 6.07) is 25.4. The van der Waals surface area contributed by atoms with Gasteiger partial charge in [-0.25, -0.2) is 8.42 Å². The Morgan fingerprint density at radius 3 is 2.02 bits per heavy atom. The first-order valence-corrected chi connectivity index (χ1v) is 16.8. The minimum Gasteiger partial charge on any atom is -0.355 e. The van der Waals surface area contributed by atoms with Crippen molar-refractivity contribution in [1.82, 2.24) is 10.2 Å². The van der Waals surface area contributed by atoms with Crippen LogP contribution in [0.2, 0.25) is 10.0 Å². The summed E-state index contributed by atoms with van der Waals surface area (Å²) < 4.78 is 29.5. The van der Waals surface area contributed by atoms with Gasteiger partial charge in [-0.05, 0) is 86.3 Å². The number of hydrogen-bond acceptors (Lipinski definition) is 4. The van der Waals surface area contributed by atoms with E-state index in [9.17, 15) is 18.0 Å². The summed E-state index contributed by atoms with van der Waals surface area (Å²) in [5, 5.41) is 3.52. The van der Waals surface area contributed by atoms with E-state index in [4.69, 9.17) is 23.2 Å². The molecule has 4 aromatic carbocycles. The number of anilines is 1. The van der Waals surface area contributed by atoms with Crippen LogP contribution in [0.25, 0.3) is 0 Å². The summed E-state index contributed by atoms with van der Waals surface area (Å²) in [4.78, 5) is 29.6. The zero-order valence-corrected chi connectivity index (χ0v) is 28.1. The fourth-order valence-corrected chi connectivity index (χ4v) is 6.86. The summed E-state index contributed by atoms with van der Waals surface area (Å²) in [7, 11) is -4.19. The second kappa shape index (κ2) is 15.0. The lowest BCUT2D eigenvalue weighted by Crippen LogP contribution is -2.53. The first-order valence-electron chi connectivity index (χ1n) is 14.6. The van der Waals surface area contributed by atoms with Gasteiger partial charge >= 0.3 is 0 Å². The Bertz CT molecular complexity index is 1740. The van der Waals surface area contributed by atoms with Crippen LogP contribution in [0, 0.1) is 20.8 Å². The molecule has 0 saturated heterocycles. The maximum absolute atomic E-state index is 14.5. The molecule has 236 valence electrons. The van der Waals surface area contributed by atoms with Gasteiger partial charge in [0.15, 0.2) is 0 Å². The highest BCUT2D eigenvalue weighted by atomic mass is 35.5. The molecule has 45 heavy (non-hydrogen) atoms. The molecule has 4 rings (SSSR count). The van der Waals surface area contributed by atoms with Gasteiger partial charge in [-0.1, -0.05) is 83.4 Å². The molecule has 0 bridgehead atoms. The summed E-state index contributed by atoms with van der Waals surface area (Å²) in [5.74, 6) is -0.905. The molecule has 1 N–H and O–H groups in total. The van der Waals surface area contributed by atoms with Crippen molar-refractivity contribution in [3.8, 4) is 0 Å². The third-order valence-electron chi connectivity index (χ3n) is 7.34. The highest BCUT2D eigenvalue weighted by Gasteiger charge is 2.34. The molecule has 0 heterocycles. The average molecular weight is 667 g/mol. The van der Waals surface area contributed by atoms with E-state index in [-0.39, 0.29) is 23.8 Å². The van der Waals surface area contributed by atoms with Crippen molar-refractivity contribution in [1.29, 1.82) is 0 Å². The van der Waals surface area contributed by atoms with Crippen molar-refractivity contribution in [2.24, 2.45) is 0 Å². The molecule has 1 unspecified atom stereocenters. The fourth-order valence-electron chi connectivity index (χ4n) is 5.14. The molecule has 7 nitrogen and oxygen atoms in total. The van der Waals surface area contributed by atoms with Crippen molar-refractivity contribution in [3.63, 3.8) is 0 Å². The van der Waals surface area contributed by atoms with Gasteiger partial charge in [0.25, 0.3) is 10.0 Å². The van der Waals surface area contributed by atoms with E-state index in [0.29, 0.717) is 27.8 Å². The van der Waals surface area contributed by atoms with E-state index in [2.05, 4.69) is 5.32 Å². The molecule has 0 radical (unpaired) electrons. The molecule has 0 aliphatic heterocycles. The smallest absolute Gasteiger partial charge is 0.264 e. The summed E-state index contributed by atoms with van der Waals surface area (Å²) in [6.45, 7) is 7.23. The number of rotatable bonds is 12. The maximum Gasteiger partial charge on any atom is 0.264 e. The van der Waals surface area contributed by atoms with Gasteiger partial charge in [0, 0.05) is 19.5 Å². The van der Waals surface area contributed by atoms with Gasteiger partial charge in [0.2, 0.25) is 11.8 Å². The Kier molecular flexibility index (Phi) is 11.3. The Hall–Kier alpha value is -3.85. The van der Waals surface area contributed by atoms with Gasteiger partial charge in [0.05, 0.1) is 20.6 Å². The van der Waals surface area contributed by atoms with E-state index < -0.39 is 28.5 Å². The number of amides is 2. The number of hydrogen-bond donors (Lipinski definition) is 1. The first kappa shape index (κ1) is 34.0. The number of benzene rings is 4. The van der Waals surface area contributed by atoms with Crippen LogP contribution in [0.3, 0.4) is 0 Å². The summed E-state index contributed by atoms with van der Waals surface area (Å²) >= 11 is 12.5. The molecule has 10 heteroatoms. The van der Waals surface area contributed by atoms with E-state index in [1.165, 1.54) is 17.0 Å². The lowest BCUT2D eigenvalue weighted by molar-refractivity contribution is -0.140. The van der Waals surface area contributed by atoms with Crippen molar-refractivity contribution >= 4 is 50.7 Å². The summed E-state index contributed by atoms with van der Waals surface area (Å²) in [5.41, 5.74) is 4.44. The lowest BCUT2D eigenvalue weighted by atomic mass is 10.0. The van der Waals surface area contributed by atoms with Crippen LogP contribution in [0.15, 0.2) is 95.9 Å². The molecule has 0 aliphatic carbocycles. The van der Waals surface area contributed by atoms with Gasteiger partial charge < -0.3 is 10.2 Å². The van der Waals surface area contributed by atoms with E-state index in [0.717, 1.165) is 26.6 Å². The SMILES string of the molecule is CCNC(=O)C(Cc1ccccc1)N(Cc1ccc(Cl)c(Cl)c1)C(=O)CN(c1cc(C)cc(C)c1)S(=O)(=O)c1ccc(C)cc1. The van der Waals surface area contributed by atoms with Crippen molar-refractivity contribution in [2.45, 2.75) is 51.6 Å². The topological polar surface area (TPSA) is 86.8 Å². The minimum atomic E-state index is -4.19. The molecule has 4 aromatic rings. The number of likely N-dealkylation sites (N-methyl/N-ethyl adjacent to an activating group) is 1. The summed E-state index contributed by atoms with van der Waals surface area (Å²) in [6.07, 6.45) is 0.216. The van der Waals surface area contributed by atoms with Gasteiger partial charge in [-0.2, -0.15) is 0 Å². The number of carbonyl (C=O) groups is 2. The Balaban J connectivity index is 1.83. The van der Waals surface area contributed by atoms with Crippen LogP contribution in [0.1, 0.15) is 34.7 Å². The van der Waals surface area contributed by atoms with Crippen LogP contribution in [0.4, 0.5) is 5.69 Å². The Morgan fingerprint density at radius 1 is 0.778 bits per heavy atom. The second-order valence-corrected chi connectivity index (χ2v) is 13.7. The Morgan fingerprint density at radius 2 is 1.42 bits per heavy atom. The van der Waals surface area contributed by atoms with Gasteiger partial charge in [-0.3, -0.25) is 13.9 Å². The van der Waals surface area contributed by atoms with Crippen molar-refractivity contribution in [2.75, 3.05) is 17.4 Å². The predicted octanol–water partition coefficient (Wildman–Crippen LogP) is 6.89. The number of halogens is 2. The zero-order valence-electron chi connectivity index (χ0n) is 25.8. The molecule has 2 amide bonds. The van der Waals surface area contributed by atoms with E-state index >= 15 is 0 Å². The molecule has 1 atom stereocenters. The largest absolute Gasteiger partial charge is 0.355 e. The zero-order chi connectivity index (χ0) is 32.7. The minimum absolute atomic E-state index is 0.00434. The van der Waals surface area contributed by atoms with Gasteiger partial charge in [-0.15, -0.1) is 0 Å². The molecule has 0 aliphatic rings. The number of nitrogens with zero attached hydrogens (tertiary/aromatic N) is 2. The molecule has 0 fully saturated rings. The van der Waals surface area contributed by atoms with Crippen LogP contribution < -0.4 is 9.62 Å². The van der Waals surface area contributed by atoms with Crippen LogP contribution in [0.5, 0.6) is 0 Å². The van der Waals surface area contributed by atoms with Crippen molar-refractivity contribution < 1.29 is 18.0 Å². The van der Waals surface area contributed by atoms with Crippen LogP contribution in [-0.2, 0) is 32.6 Å². The van der Waals surface area contributed by atoms with E-state index in [1.54, 1.807) is 49.4 Å². The quantitative estimate of drug-likeness (QED) is 0.179. The molecular formula is C35H37Cl2N3O4S. The molecular weight excluding hydrogens is 629 g/mol. The normalized spacial score (nSPS) is 12.0. The van der Waals surface area contributed by atoms with Gasteiger partial charge in [0.1, 0.15) is 12.6 Å². The number of aryl methyl sites for hydroxylation is 3. The number of nitrogens with one attached hydrogen (secondary N) is 1. The average Bonchev–Trinajstić information content (AvgIpc) is 2.99. The maximum atomic E-state index is 14.5. The highest BCUT2D eigenvalue weighted by Crippen LogP contribution is 2.28. The Labute approximate surface area is 275 Å². The van der Waals surface area contributed by atoms with Crippen LogP contribution >= 0.6 is 23.2 Å². The number of sulfonamides is 1. The first-order chi connectivity index (χ1) is 21.4. The van der Waals surface area contributed by atoms with Crippen molar-refractivity contribution in [3.05, 3.63) is 129 Å². The third-order valence-corrected chi connectivity index (χ3v) is 9.87.